The molecular weight excluding hydrogens is 514 g/mol. The first-order chi connectivity index (χ1) is 17.7. The van der Waals surface area contributed by atoms with E-state index in [-0.39, 0.29) is 10.6 Å². The average molecular weight is 544 g/mol. The largest absolute Gasteiger partial charge is 0.494 e. The summed E-state index contributed by atoms with van der Waals surface area (Å²) < 4.78 is 59.8. The number of carbonyl (C=O) groups excluding carboxylic acids is 1. The van der Waals surface area contributed by atoms with E-state index < -0.39 is 26.0 Å². The Labute approximate surface area is 217 Å². The summed E-state index contributed by atoms with van der Waals surface area (Å²) in [6.07, 6.45) is 1.76. The fourth-order valence-corrected chi connectivity index (χ4v) is 6.61. The Morgan fingerprint density at radius 1 is 0.838 bits per heavy atom. The van der Waals surface area contributed by atoms with Crippen molar-refractivity contribution < 1.29 is 26.4 Å². The highest BCUT2D eigenvalue weighted by atomic mass is 32.2. The van der Waals surface area contributed by atoms with Crippen LogP contribution in [0.1, 0.15) is 35.7 Å². The van der Waals surface area contributed by atoms with Crippen molar-refractivity contribution >= 4 is 37.3 Å². The maximum Gasteiger partial charge on any atom is 0.261 e. The molecule has 0 spiro atoms. The van der Waals surface area contributed by atoms with Crippen molar-refractivity contribution in [2.75, 3.05) is 29.7 Å². The second-order valence-corrected chi connectivity index (χ2v) is 12.3. The van der Waals surface area contributed by atoms with Crippen molar-refractivity contribution in [3.05, 3.63) is 83.9 Å². The molecule has 1 saturated heterocycles. The van der Waals surface area contributed by atoms with E-state index in [4.69, 9.17) is 4.74 Å². The third-order valence-electron chi connectivity index (χ3n) is 5.86. The van der Waals surface area contributed by atoms with Crippen molar-refractivity contribution in [2.45, 2.75) is 30.4 Å². The summed E-state index contributed by atoms with van der Waals surface area (Å²) >= 11 is 0. The van der Waals surface area contributed by atoms with Crippen molar-refractivity contribution in [2.24, 2.45) is 0 Å². The van der Waals surface area contributed by atoms with Crippen LogP contribution in [-0.2, 0) is 25.8 Å². The van der Waals surface area contributed by atoms with E-state index in [1.807, 2.05) is 6.92 Å². The number of hydrogen-bond donors (Lipinski definition) is 2. The average Bonchev–Trinajstić information content (AvgIpc) is 3.42. The van der Waals surface area contributed by atoms with Gasteiger partial charge >= 0.3 is 0 Å². The Hall–Kier alpha value is -3.41. The van der Waals surface area contributed by atoms with Gasteiger partial charge in [0.1, 0.15) is 5.75 Å². The summed E-state index contributed by atoms with van der Waals surface area (Å²) in [5, 5.41) is 2.72. The zero-order valence-corrected chi connectivity index (χ0v) is 22.0. The zero-order chi connectivity index (χ0) is 26.5. The van der Waals surface area contributed by atoms with Gasteiger partial charge < -0.3 is 10.1 Å². The van der Waals surface area contributed by atoms with Gasteiger partial charge in [-0.1, -0.05) is 12.1 Å². The lowest BCUT2D eigenvalue weighted by atomic mass is 10.1. The predicted molar refractivity (Wildman–Crippen MR) is 143 cm³/mol. The lowest BCUT2D eigenvalue weighted by Gasteiger charge is -2.15. The van der Waals surface area contributed by atoms with Gasteiger partial charge in [-0.25, -0.2) is 21.1 Å². The summed E-state index contributed by atoms with van der Waals surface area (Å²) in [4.78, 5) is 12.7. The van der Waals surface area contributed by atoms with Crippen LogP contribution in [0.25, 0.3) is 0 Å². The fourth-order valence-electron chi connectivity index (χ4n) is 3.94. The third-order valence-corrected chi connectivity index (χ3v) is 9.11. The number of carbonyl (C=O) groups is 1. The molecule has 0 saturated carbocycles. The summed E-state index contributed by atoms with van der Waals surface area (Å²) in [5.41, 5.74) is 1.79. The van der Waals surface area contributed by atoms with E-state index in [0.717, 1.165) is 12.8 Å². The second-order valence-electron chi connectivity index (χ2n) is 8.60. The van der Waals surface area contributed by atoms with E-state index >= 15 is 0 Å². The lowest BCUT2D eigenvalue weighted by molar-refractivity contribution is 0.102. The van der Waals surface area contributed by atoms with Gasteiger partial charge in [0.15, 0.2) is 0 Å². The maximum absolute atomic E-state index is 12.7. The minimum absolute atomic E-state index is 0.0444. The smallest absolute Gasteiger partial charge is 0.261 e. The van der Waals surface area contributed by atoms with Gasteiger partial charge in [-0.05, 0) is 86.0 Å². The van der Waals surface area contributed by atoms with Crippen LogP contribution in [0.4, 0.5) is 11.4 Å². The van der Waals surface area contributed by atoms with E-state index in [1.165, 1.54) is 28.6 Å². The van der Waals surface area contributed by atoms with Crippen molar-refractivity contribution in [1.82, 2.24) is 4.31 Å². The number of sulfonamides is 2. The van der Waals surface area contributed by atoms with Gasteiger partial charge in [-0.2, -0.15) is 0 Å². The molecule has 9 nitrogen and oxygen atoms in total. The van der Waals surface area contributed by atoms with E-state index in [0.29, 0.717) is 47.9 Å². The minimum atomic E-state index is -3.82. The molecule has 2 N–H and O–H groups in total. The highest BCUT2D eigenvalue weighted by Crippen LogP contribution is 2.22. The fraction of sp³-hybridized carbons (Fsp3) is 0.269. The number of nitrogens with zero attached hydrogens (tertiary/aromatic N) is 1. The molecule has 0 atom stereocenters. The van der Waals surface area contributed by atoms with Gasteiger partial charge in [0, 0.05) is 30.0 Å². The Kier molecular flexibility index (Phi) is 8.16. The molecule has 1 heterocycles. The highest BCUT2D eigenvalue weighted by Gasteiger charge is 2.25. The molecule has 1 aliphatic rings. The van der Waals surface area contributed by atoms with Crippen LogP contribution >= 0.6 is 0 Å². The van der Waals surface area contributed by atoms with Crippen molar-refractivity contribution in [3.63, 3.8) is 0 Å². The van der Waals surface area contributed by atoms with Crippen LogP contribution in [0.5, 0.6) is 5.75 Å². The molecule has 0 radical (unpaired) electrons. The Balaban J connectivity index is 1.36. The maximum atomic E-state index is 12.7. The molecule has 3 aromatic rings. The molecule has 0 aromatic heterocycles. The SMILES string of the molecule is CCOc1ccc(NS(=O)(=O)c2ccc(NC(=O)c3ccc(CS(=O)(=O)N4CCCC4)cc3)cc2)cc1. The Bertz CT molecular complexity index is 1430. The van der Waals surface area contributed by atoms with Crippen LogP contribution in [-0.4, -0.2) is 46.7 Å². The second kappa shape index (κ2) is 11.3. The standard InChI is InChI=1S/C26H29N3O6S2/c1-2-35-24-13-9-23(10-14-24)28-37(33,34)25-15-11-22(12-16-25)27-26(30)21-7-5-20(6-8-21)19-36(31,32)29-17-3-4-18-29/h5-16,28H,2-4,17-19H2,1H3,(H,27,30). The van der Waals surface area contributed by atoms with Crippen LogP contribution in [0.3, 0.4) is 0 Å². The van der Waals surface area contributed by atoms with Crippen molar-refractivity contribution in [1.29, 1.82) is 0 Å². The van der Waals surface area contributed by atoms with Crippen molar-refractivity contribution in [3.8, 4) is 5.75 Å². The molecule has 0 bridgehead atoms. The number of anilines is 2. The number of ether oxygens (including phenoxy) is 1. The van der Waals surface area contributed by atoms with Crippen LogP contribution < -0.4 is 14.8 Å². The molecule has 37 heavy (non-hydrogen) atoms. The summed E-state index contributed by atoms with van der Waals surface area (Å²) in [7, 11) is -7.18. The number of nitrogens with one attached hydrogen (secondary N) is 2. The van der Waals surface area contributed by atoms with Crippen LogP contribution in [0.15, 0.2) is 77.7 Å². The van der Waals surface area contributed by atoms with E-state index in [2.05, 4.69) is 10.0 Å². The van der Waals surface area contributed by atoms with Gasteiger partial charge in [0.25, 0.3) is 15.9 Å². The summed E-state index contributed by atoms with van der Waals surface area (Å²) in [6, 6.07) is 18.8. The Morgan fingerprint density at radius 3 is 2.03 bits per heavy atom. The highest BCUT2D eigenvalue weighted by molar-refractivity contribution is 7.92. The number of amides is 1. The van der Waals surface area contributed by atoms with Crippen LogP contribution in [0, 0.1) is 0 Å². The molecule has 4 rings (SSSR count). The van der Waals surface area contributed by atoms with Gasteiger partial charge in [-0.3, -0.25) is 9.52 Å². The predicted octanol–water partition coefficient (Wildman–Crippen LogP) is 4.06. The topological polar surface area (TPSA) is 122 Å². The molecule has 11 heteroatoms. The minimum Gasteiger partial charge on any atom is -0.494 e. The van der Waals surface area contributed by atoms with Gasteiger partial charge in [0.05, 0.1) is 17.3 Å². The normalized spacial score (nSPS) is 14.3. The monoisotopic (exact) mass is 543 g/mol. The first-order valence-corrected chi connectivity index (χ1v) is 15.0. The first kappa shape index (κ1) is 26.6. The van der Waals surface area contributed by atoms with Gasteiger partial charge in [0.2, 0.25) is 10.0 Å². The molecule has 0 unspecified atom stereocenters. The molecule has 1 aliphatic heterocycles. The molecule has 0 aliphatic carbocycles. The Morgan fingerprint density at radius 2 is 1.43 bits per heavy atom. The molecule has 3 aromatic carbocycles. The number of hydrogen-bond acceptors (Lipinski definition) is 6. The number of rotatable bonds is 10. The van der Waals surface area contributed by atoms with Gasteiger partial charge in [-0.15, -0.1) is 0 Å². The van der Waals surface area contributed by atoms with Crippen LogP contribution in [0.2, 0.25) is 0 Å². The number of benzene rings is 3. The molecule has 1 amide bonds. The third kappa shape index (κ3) is 6.88. The first-order valence-electron chi connectivity index (χ1n) is 11.9. The quantitative estimate of drug-likeness (QED) is 0.398. The lowest BCUT2D eigenvalue weighted by Crippen LogP contribution is -2.29. The molecule has 1 fully saturated rings. The molecular formula is C26H29N3O6S2. The summed E-state index contributed by atoms with van der Waals surface area (Å²) in [5.74, 6) is 0.152. The molecule has 196 valence electrons. The van der Waals surface area contributed by atoms with E-state index in [9.17, 15) is 21.6 Å². The zero-order valence-electron chi connectivity index (χ0n) is 20.4. The summed E-state index contributed by atoms with van der Waals surface area (Å²) in [6.45, 7) is 3.49. The van der Waals surface area contributed by atoms with E-state index in [1.54, 1.807) is 48.5 Å².